The lowest BCUT2D eigenvalue weighted by Crippen LogP contribution is -2.25. The number of carbonyl (C=O) groups is 1. The third-order valence-electron chi connectivity index (χ3n) is 3.55. The number of rotatable bonds is 6. The molecule has 3 N–H and O–H groups in total. The lowest BCUT2D eigenvalue weighted by molar-refractivity contribution is -0.118. The summed E-state index contributed by atoms with van der Waals surface area (Å²) in [6.07, 6.45) is 0. The Labute approximate surface area is 162 Å². The van der Waals surface area contributed by atoms with Crippen molar-refractivity contribution in [2.75, 3.05) is 11.6 Å². The normalized spacial score (nSPS) is 10.8. The van der Waals surface area contributed by atoms with Crippen LogP contribution in [0, 0.1) is 11.6 Å². The molecule has 0 saturated heterocycles. The molecule has 3 aromatic rings. The highest BCUT2D eigenvalue weighted by atomic mass is 35.5. The van der Waals surface area contributed by atoms with E-state index >= 15 is 0 Å². The molecule has 1 heterocycles. The molecule has 1 amide bonds. The monoisotopic (exact) mass is 409 g/mol. The van der Waals surface area contributed by atoms with Gasteiger partial charge in [0, 0.05) is 12.1 Å². The van der Waals surface area contributed by atoms with Crippen molar-refractivity contribution in [3.63, 3.8) is 0 Å². The Morgan fingerprint density at radius 3 is 2.78 bits per heavy atom. The lowest BCUT2D eigenvalue weighted by atomic mass is 10.2. The van der Waals surface area contributed by atoms with Gasteiger partial charge < -0.3 is 11.2 Å². The second-order valence-corrected chi connectivity index (χ2v) is 6.85. The van der Waals surface area contributed by atoms with Crippen LogP contribution < -0.4 is 11.2 Å². The summed E-state index contributed by atoms with van der Waals surface area (Å²) < 4.78 is 27.7. The Bertz CT molecular complexity index is 982. The van der Waals surface area contributed by atoms with E-state index in [0.29, 0.717) is 22.1 Å². The van der Waals surface area contributed by atoms with Crippen LogP contribution >= 0.6 is 23.4 Å². The van der Waals surface area contributed by atoms with Gasteiger partial charge in [0.05, 0.1) is 10.8 Å². The van der Waals surface area contributed by atoms with Gasteiger partial charge in [-0.3, -0.25) is 4.79 Å². The molecular formula is C17H14ClF2N5OS. The molecule has 0 aliphatic heterocycles. The van der Waals surface area contributed by atoms with E-state index in [1.807, 2.05) is 0 Å². The predicted molar refractivity (Wildman–Crippen MR) is 99.5 cm³/mol. The number of nitrogens with two attached hydrogens (primary N) is 1. The van der Waals surface area contributed by atoms with Crippen LogP contribution in [0.4, 0.5) is 8.78 Å². The van der Waals surface area contributed by atoms with E-state index in [1.165, 1.54) is 35.0 Å². The summed E-state index contributed by atoms with van der Waals surface area (Å²) in [6.45, 7) is 0.212. The summed E-state index contributed by atoms with van der Waals surface area (Å²) in [7, 11) is 0. The van der Waals surface area contributed by atoms with Gasteiger partial charge in [-0.15, -0.1) is 10.2 Å². The van der Waals surface area contributed by atoms with Gasteiger partial charge in [0.1, 0.15) is 11.6 Å². The Morgan fingerprint density at radius 1 is 1.22 bits per heavy atom. The Hall–Kier alpha value is -2.65. The van der Waals surface area contributed by atoms with Crippen molar-refractivity contribution in [1.82, 2.24) is 20.2 Å². The fraction of sp³-hybridized carbons (Fsp3) is 0.118. The van der Waals surface area contributed by atoms with E-state index in [0.717, 1.165) is 11.8 Å². The molecule has 0 unspecified atom stereocenters. The first-order valence-electron chi connectivity index (χ1n) is 7.74. The van der Waals surface area contributed by atoms with Crippen molar-refractivity contribution < 1.29 is 13.6 Å². The lowest BCUT2D eigenvalue weighted by Gasteiger charge is -2.06. The van der Waals surface area contributed by atoms with E-state index < -0.39 is 11.6 Å². The Morgan fingerprint density at radius 2 is 2.04 bits per heavy atom. The van der Waals surface area contributed by atoms with Gasteiger partial charge in [0.2, 0.25) is 11.1 Å². The highest BCUT2D eigenvalue weighted by Gasteiger charge is 2.14. The second kappa shape index (κ2) is 8.36. The first kappa shape index (κ1) is 19.1. The van der Waals surface area contributed by atoms with Gasteiger partial charge in [-0.05, 0) is 29.8 Å². The average Bonchev–Trinajstić information content (AvgIpc) is 3.01. The van der Waals surface area contributed by atoms with Gasteiger partial charge in [0.15, 0.2) is 5.82 Å². The molecule has 0 atom stereocenters. The van der Waals surface area contributed by atoms with Crippen LogP contribution in [0.3, 0.4) is 0 Å². The minimum Gasteiger partial charge on any atom is -0.351 e. The van der Waals surface area contributed by atoms with E-state index in [4.69, 9.17) is 17.4 Å². The van der Waals surface area contributed by atoms with Crippen LogP contribution in [-0.2, 0) is 11.3 Å². The molecule has 1 aromatic heterocycles. The number of aromatic nitrogens is 3. The molecule has 0 aliphatic rings. The average molecular weight is 410 g/mol. The molecule has 140 valence electrons. The molecule has 0 bridgehead atoms. The van der Waals surface area contributed by atoms with Crippen LogP contribution in [0.25, 0.3) is 11.4 Å². The Kier molecular flexibility index (Phi) is 5.92. The van der Waals surface area contributed by atoms with E-state index in [-0.39, 0.29) is 23.2 Å². The topological polar surface area (TPSA) is 85.8 Å². The zero-order valence-electron chi connectivity index (χ0n) is 13.8. The summed E-state index contributed by atoms with van der Waals surface area (Å²) in [5, 5.41) is 10.9. The number of nitrogen functional groups attached to an aromatic ring is 1. The van der Waals surface area contributed by atoms with Crippen molar-refractivity contribution in [3.05, 3.63) is 64.7 Å². The van der Waals surface area contributed by atoms with Crippen LogP contribution in [0.15, 0.2) is 47.6 Å². The fourth-order valence-corrected chi connectivity index (χ4v) is 3.12. The highest BCUT2D eigenvalue weighted by Crippen LogP contribution is 2.22. The molecule has 0 radical (unpaired) electrons. The molecule has 0 fully saturated rings. The molecule has 0 aliphatic carbocycles. The minimum absolute atomic E-state index is 0.00256. The number of halogens is 3. The van der Waals surface area contributed by atoms with Crippen molar-refractivity contribution in [2.45, 2.75) is 11.7 Å². The summed E-state index contributed by atoms with van der Waals surface area (Å²) >= 11 is 6.79. The maximum Gasteiger partial charge on any atom is 0.230 e. The standard InChI is InChI=1S/C17H14ClF2N5OS/c18-13-6-10(4-5-14(13)20)8-22-15(26)9-27-17-24-23-16(25(17)21)11-2-1-3-12(19)7-11/h1-7H,8-9,21H2,(H,22,26). The summed E-state index contributed by atoms with van der Waals surface area (Å²) in [4.78, 5) is 12.0. The molecule has 10 heteroatoms. The van der Waals surface area contributed by atoms with Gasteiger partial charge in [0.25, 0.3) is 0 Å². The first-order chi connectivity index (χ1) is 12.9. The summed E-state index contributed by atoms with van der Waals surface area (Å²) in [6, 6.07) is 10.0. The zero-order valence-corrected chi connectivity index (χ0v) is 15.4. The number of thioether (sulfide) groups is 1. The van der Waals surface area contributed by atoms with E-state index in [2.05, 4.69) is 15.5 Å². The maximum absolute atomic E-state index is 13.3. The van der Waals surface area contributed by atoms with Crippen LogP contribution in [-0.4, -0.2) is 26.5 Å². The molecule has 3 rings (SSSR count). The number of hydrogen-bond acceptors (Lipinski definition) is 5. The molecule has 27 heavy (non-hydrogen) atoms. The van der Waals surface area contributed by atoms with Gasteiger partial charge in [-0.25, -0.2) is 13.5 Å². The molecular weight excluding hydrogens is 396 g/mol. The Balaban J connectivity index is 1.57. The van der Waals surface area contributed by atoms with Crippen LogP contribution in [0.1, 0.15) is 5.56 Å². The largest absolute Gasteiger partial charge is 0.351 e. The quantitative estimate of drug-likeness (QED) is 0.483. The van der Waals surface area contributed by atoms with Crippen molar-refractivity contribution in [1.29, 1.82) is 0 Å². The molecule has 6 nitrogen and oxygen atoms in total. The number of nitrogens with zero attached hydrogens (tertiary/aromatic N) is 3. The summed E-state index contributed by atoms with van der Waals surface area (Å²) in [5.74, 6) is 5.08. The number of carbonyl (C=O) groups excluding carboxylic acids is 1. The minimum atomic E-state index is -0.515. The third-order valence-corrected chi connectivity index (χ3v) is 4.79. The number of amides is 1. The number of benzene rings is 2. The smallest absolute Gasteiger partial charge is 0.230 e. The van der Waals surface area contributed by atoms with Crippen molar-refractivity contribution in [2.24, 2.45) is 0 Å². The van der Waals surface area contributed by atoms with Crippen molar-refractivity contribution in [3.8, 4) is 11.4 Å². The molecule has 0 saturated carbocycles. The zero-order chi connectivity index (χ0) is 19.4. The second-order valence-electron chi connectivity index (χ2n) is 5.50. The summed E-state index contributed by atoms with van der Waals surface area (Å²) in [5.41, 5.74) is 1.16. The van der Waals surface area contributed by atoms with E-state index in [1.54, 1.807) is 12.1 Å². The number of hydrogen-bond donors (Lipinski definition) is 2. The van der Waals surface area contributed by atoms with Crippen LogP contribution in [0.2, 0.25) is 5.02 Å². The molecule has 2 aromatic carbocycles. The molecule has 0 spiro atoms. The predicted octanol–water partition coefficient (Wildman–Crippen LogP) is 3.00. The van der Waals surface area contributed by atoms with Crippen LogP contribution in [0.5, 0.6) is 0 Å². The fourth-order valence-electron chi connectivity index (χ4n) is 2.23. The number of nitrogens with one attached hydrogen (secondary N) is 1. The maximum atomic E-state index is 13.3. The van der Waals surface area contributed by atoms with Gasteiger partial charge in [-0.1, -0.05) is 41.6 Å². The SMILES string of the molecule is Nn1c(SCC(=O)NCc2ccc(F)c(Cl)c2)nnc1-c1cccc(F)c1. The van der Waals surface area contributed by atoms with Crippen molar-refractivity contribution >= 4 is 29.3 Å². The van der Waals surface area contributed by atoms with Gasteiger partial charge >= 0.3 is 0 Å². The highest BCUT2D eigenvalue weighted by molar-refractivity contribution is 7.99. The third kappa shape index (κ3) is 4.75. The van der Waals surface area contributed by atoms with E-state index in [9.17, 15) is 13.6 Å². The van der Waals surface area contributed by atoms with Gasteiger partial charge in [-0.2, -0.15) is 0 Å². The first-order valence-corrected chi connectivity index (χ1v) is 9.10.